The molecule has 0 aromatic heterocycles. The van der Waals surface area contributed by atoms with Gasteiger partial charge in [-0.05, 0) is 38.0 Å². The maximum atomic E-state index is 10.7. The molecule has 0 fully saturated rings. The first kappa shape index (κ1) is 28.5. The minimum atomic E-state index is -3.55. The van der Waals surface area contributed by atoms with Gasteiger partial charge in [-0.1, -0.05) is 47.5 Å². The first-order valence-electron chi connectivity index (χ1n) is 10.8. The SMILES string of the molecule is Cc1ccc(CC(N)CNCCNCCNCCO)cc1.Cc1ccc(S(=O)(=O)Cl)cc1. The summed E-state index contributed by atoms with van der Waals surface area (Å²) in [4.78, 5) is 0.143. The van der Waals surface area contributed by atoms with E-state index in [1.165, 1.54) is 23.3 Å². The van der Waals surface area contributed by atoms with Gasteiger partial charge < -0.3 is 26.8 Å². The van der Waals surface area contributed by atoms with E-state index >= 15 is 0 Å². The maximum absolute atomic E-state index is 10.7. The number of nitrogens with one attached hydrogen (secondary N) is 3. The predicted octanol–water partition coefficient (Wildman–Crippen LogP) is 1.55. The number of nitrogens with two attached hydrogens (primary N) is 1. The monoisotopic (exact) mass is 484 g/mol. The molecule has 2 aromatic carbocycles. The van der Waals surface area contributed by atoms with Crippen molar-refractivity contribution in [3.8, 4) is 0 Å². The second kappa shape index (κ2) is 16.1. The van der Waals surface area contributed by atoms with Gasteiger partial charge in [0.15, 0.2) is 0 Å². The van der Waals surface area contributed by atoms with Crippen LogP contribution >= 0.6 is 10.7 Å². The van der Waals surface area contributed by atoms with Gasteiger partial charge in [0.2, 0.25) is 0 Å². The first-order chi connectivity index (χ1) is 15.2. The number of hydrogen-bond acceptors (Lipinski definition) is 7. The van der Waals surface area contributed by atoms with Crippen molar-refractivity contribution in [2.24, 2.45) is 5.73 Å². The summed E-state index contributed by atoms with van der Waals surface area (Å²) >= 11 is 0. The average Bonchev–Trinajstić information content (AvgIpc) is 2.74. The lowest BCUT2D eigenvalue weighted by molar-refractivity contribution is 0.292. The van der Waals surface area contributed by atoms with E-state index in [4.69, 9.17) is 21.5 Å². The molecule has 6 N–H and O–H groups in total. The number of aryl methyl sites for hydroxylation is 2. The molecule has 0 aliphatic heterocycles. The Morgan fingerprint density at radius 3 is 1.81 bits per heavy atom. The average molecular weight is 485 g/mol. The van der Waals surface area contributed by atoms with E-state index in [1.807, 2.05) is 6.92 Å². The van der Waals surface area contributed by atoms with Gasteiger partial charge in [0.25, 0.3) is 9.05 Å². The molecule has 2 rings (SSSR count). The molecular weight excluding hydrogens is 448 g/mol. The lowest BCUT2D eigenvalue weighted by Gasteiger charge is -2.13. The van der Waals surface area contributed by atoms with Gasteiger partial charge in [0, 0.05) is 56.0 Å². The smallest absolute Gasteiger partial charge is 0.261 e. The molecule has 0 saturated heterocycles. The van der Waals surface area contributed by atoms with Crippen molar-refractivity contribution in [1.29, 1.82) is 0 Å². The summed E-state index contributed by atoms with van der Waals surface area (Å²) in [5.41, 5.74) is 9.71. The molecule has 9 heteroatoms. The number of benzene rings is 2. The molecule has 0 aliphatic carbocycles. The van der Waals surface area contributed by atoms with E-state index in [2.05, 4.69) is 47.1 Å². The van der Waals surface area contributed by atoms with Gasteiger partial charge in [-0.2, -0.15) is 0 Å². The van der Waals surface area contributed by atoms with Gasteiger partial charge in [-0.3, -0.25) is 0 Å². The van der Waals surface area contributed by atoms with Crippen LogP contribution in [0, 0.1) is 13.8 Å². The van der Waals surface area contributed by atoms with E-state index < -0.39 is 9.05 Å². The maximum Gasteiger partial charge on any atom is 0.261 e. The van der Waals surface area contributed by atoms with Gasteiger partial charge in [0.05, 0.1) is 11.5 Å². The molecule has 32 heavy (non-hydrogen) atoms. The summed E-state index contributed by atoms with van der Waals surface area (Å²) in [6.07, 6.45) is 0.909. The zero-order valence-corrected chi connectivity index (χ0v) is 20.6. The largest absolute Gasteiger partial charge is 0.395 e. The van der Waals surface area contributed by atoms with Crippen LogP contribution in [0.4, 0.5) is 0 Å². The molecule has 0 spiro atoms. The highest BCUT2D eigenvalue weighted by Crippen LogP contribution is 2.14. The molecule has 0 bridgehead atoms. The van der Waals surface area contributed by atoms with Gasteiger partial charge in [0.1, 0.15) is 0 Å². The lowest BCUT2D eigenvalue weighted by Crippen LogP contribution is -2.39. The van der Waals surface area contributed by atoms with Crippen LogP contribution in [0.1, 0.15) is 16.7 Å². The highest BCUT2D eigenvalue weighted by atomic mass is 35.7. The Balaban J connectivity index is 0.000000389. The van der Waals surface area contributed by atoms with E-state index in [1.54, 1.807) is 12.1 Å². The van der Waals surface area contributed by atoms with Gasteiger partial charge in [-0.25, -0.2) is 8.42 Å². The summed E-state index contributed by atoms with van der Waals surface area (Å²) in [6.45, 7) is 9.30. The first-order valence-corrected chi connectivity index (χ1v) is 13.1. The van der Waals surface area contributed by atoms with Crippen molar-refractivity contribution in [2.75, 3.05) is 45.9 Å². The third-order valence-corrected chi connectivity index (χ3v) is 5.94. The standard InChI is InChI=1S/C16H30N4O.C7H7ClO2S/c1-14-2-4-15(5-3-14)12-16(17)13-20-9-8-18-6-7-19-10-11-21;1-6-2-4-7(5-3-6)11(8,9)10/h2-5,16,18-21H,6-13,17H2,1H3;2-5H,1H3. The van der Waals surface area contributed by atoms with Crippen molar-refractivity contribution in [3.63, 3.8) is 0 Å². The zero-order chi connectivity index (χ0) is 23.8. The van der Waals surface area contributed by atoms with Crippen LogP contribution in [0.25, 0.3) is 0 Å². The number of hydrogen-bond donors (Lipinski definition) is 5. The van der Waals surface area contributed by atoms with Crippen molar-refractivity contribution in [2.45, 2.75) is 31.2 Å². The number of aliphatic hydroxyl groups is 1. The van der Waals surface area contributed by atoms with Crippen LogP contribution in [-0.4, -0.2) is 65.4 Å². The van der Waals surface area contributed by atoms with Crippen LogP contribution < -0.4 is 21.7 Å². The number of aliphatic hydroxyl groups excluding tert-OH is 1. The second-order valence-electron chi connectivity index (χ2n) is 7.63. The summed E-state index contributed by atoms with van der Waals surface area (Å²) in [7, 11) is 1.54. The van der Waals surface area contributed by atoms with E-state index in [0.29, 0.717) is 6.54 Å². The Labute approximate surface area is 197 Å². The van der Waals surface area contributed by atoms with E-state index in [9.17, 15) is 8.42 Å². The second-order valence-corrected chi connectivity index (χ2v) is 10.2. The molecule has 1 atom stereocenters. The predicted molar refractivity (Wildman–Crippen MR) is 133 cm³/mol. The Morgan fingerprint density at radius 2 is 1.31 bits per heavy atom. The molecule has 7 nitrogen and oxygen atoms in total. The van der Waals surface area contributed by atoms with Crippen LogP contribution in [0.15, 0.2) is 53.4 Å². The Bertz CT molecular complexity index is 847. The molecule has 180 valence electrons. The summed E-state index contributed by atoms with van der Waals surface area (Å²) in [5, 5.41) is 18.4. The molecule has 2 aromatic rings. The Morgan fingerprint density at radius 1 is 0.844 bits per heavy atom. The minimum absolute atomic E-state index is 0.143. The highest BCUT2D eigenvalue weighted by molar-refractivity contribution is 8.13. The molecule has 0 aliphatic rings. The molecule has 1 unspecified atom stereocenters. The zero-order valence-electron chi connectivity index (χ0n) is 19.0. The quantitative estimate of drug-likeness (QED) is 0.216. The number of rotatable bonds is 13. The van der Waals surface area contributed by atoms with Crippen LogP contribution in [0.2, 0.25) is 0 Å². The van der Waals surface area contributed by atoms with Crippen molar-refractivity contribution < 1.29 is 13.5 Å². The van der Waals surface area contributed by atoms with Gasteiger partial charge in [-0.15, -0.1) is 0 Å². The summed E-state index contributed by atoms with van der Waals surface area (Å²) in [6, 6.07) is 15.1. The third-order valence-electron chi connectivity index (χ3n) is 4.57. The molecular formula is C23H37ClN4O3S. The van der Waals surface area contributed by atoms with E-state index in [-0.39, 0.29) is 17.5 Å². The van der Waals surface area contributed by atoms with Crippen molar-refractivity contribution in [3.05, 3.63) is 65.2 Å². The Kier molecular flexibility index (Phi) is 14.4. The summed E-state index contributed by atoms with van der Waals surface area (Å²) in [5.74, 6) is 0. The van der Waals surface area contributed by atoms with Crippen molar-refractivity contribution >= 4 is 19.7 Å². The van der Waals surface area contributed by atoms with E-state index in [0.717, 1.165) is 44.7 Å². The molecule has 0 saturated carbocycles. The molecule has 0 amide bonds. The fourth-order valence-electron chi connectivity index (χ4n) is 2.77. The normalized spacial score (nSPS) is 12.2. The van der Waals surface area contributed by atoms with Crippen LogP contribution in [-0.2, 0) is 15.5 Å². The lowest BCUT2D eigenvalue weighted by atomic mass is 10.1. The Hall–Kier alpha value is -1.52. The fourth-order valence-corrected chi connectivity index (χ4v) is 3.54. The van der Waals surface area contributed by atoms with Crippen LogP contribution in [0.3, 0.4) is 0 Å². The molecule has 0 heterocycles. The van der Waals surface area contributed by atoms with Crippen molar-refractivity contribution in [1.82, 2.24) is 16.0 Å². The highest BCUT2D eigenvalue weighted by Gasteiger charge is 2.07. The topological polar surface area (TPSA) is 116 Å². The van der Waals surface area contributed by atoms with Gasteiger partial charge >= 0.3 is 0 Å². The number of halogens is 1. The summed E-state index contributed by atoms with van der Waals surface area (Å²) < 4.78 is 21.4. The molecule has 0 radical (unpaired) electrons. The fraction of sp³-hybridized carbons (Fsp3) is 0.478. The third kappa shape index (κ3) is 13.8. The minimum Gasteiger partial charge on any atom is -0.395 e. The van der Waals surface area contributed by atoms with Crippen LogP contribution in [0.5, 0.6) is 0 Å².